The van der Waals surface area contributed by atoms with Gasteiger partial charge in [0, 0.05) is 29.9 Å². The van der Waals surface area contributed by atoms with Crippen molar-refractivity contribution in [2.45, 2.75) is 44.1 Å². The third-order valence-corrected chi connectivity index (χ3v) is 5.92. The number of amides is 1. The maximum Gasteiger partial charge on any atom is 0.270 e. The molecular weight excluding hydrogens is 402 g/mol. The molecule has 0 saturated heterocycles. The number of carbonyl (C=O) groups excluding carboxylic acids is 1. The smallest absolute Gasteiger partial charge is 0.270 e. The normalized spacial score (nSPS) is 11.8. The van der Waals surface area contributed by atoms with E-state index in [1.165, 1.54) is 23.9 Å². The minimum Gasteiger partial charge on any atom is -0.325 e. The molecule has 3 rings (SSSR count). The summed E-state index contributed by atoms with van der Waals surface area (Å²) in [5.41, 5.74) is 2.48. The number of hydrogen-bond donors (Lipinski definition) is 1. The summed E-state index contributed by atoms with van der Waals surface area (Å²) in [7, 11) is 0. The van der Waals surface area contributed by atoms with Crippen LogP contribution >= 0.6 is 11.8 Å². The van der Waals surface area contributed by atoms with Crippen molar-refractivity contribution in [3.8, 4) is 11.4 Å². The van der Waals surface area contributed by atoms with Crippen LogP contribution in [-0.4, -0.2) is 30.8 Å². The predicted octanol–water partition coefficient (Wildman–Crippen LogP) is 4.69. The van der Waals surface area contributed by atoms with Gasteiger partial charge in [0.1, 0.15) is 0 Å². The standard InChI is InChI=1S/C21H23N5O3S/c1-4-18(20(27)22-16-11-9-14(3)10-12-16)30-21-24-23-19(25(21)5-2)15-7-6-8-17(13-15)26(28)29/h6-13,18H,4-5H2,1-3H3,(H,22,27). The van der Waals surface area contributed by atoms with Gasteiger partial charge in [-0.3, -0.25) is 14.9 Å². The summed E-state index contributed by atoms with van der Waals surface area (Å²) in [6.07, 6.45) is 0.616. The Morgan fingerprint density at radius 2 is 1.93 bits per heavy atom. The summed E-state index contributed by atoms with van der Waals surface area (Å²) < 4.78 is 1.87. The Balaban J connectivity index is 1.81. The van der Waals surface area contributed by atoms with Gasteiger partial charge in [0.05, 0.1) is 10.2 Å². The van der Waals surface area contributed by atoms with E-state index in [0.717, 1.165) is 11.3 Å². The van der Waals surface area contributed by atoms with Gasteiger partial charge in [0.2, 0.25) is 5.91 Å². The highest BCUT2D eigenvalue weighted by molar-refractivity contribution is 8.00. The fourth-order valence-electron chi connectivity index (χ4n) is 2.94. The topological polar surface area (TPSA) is 103 Å². The maximum atomic E-state index is 12.8. The predicted molar refractivity (Wildman–Crippen MR) is 118 cm³/mol. The quantitative estimate of drug-likeness (QED) is 0.319. The molecule has 0 aliphatic heterocycles. The van der Waals surface area contributed by atoms with Gasteiger partial charge in [-0.2, -0.15) is 0 Å². The number of nitro groups is 1. The first-order valence-electron chi connectivity index (χ1n) is 9.65. The number of non-ortho nitro benzene ring substituents is 1. The van der Waals surface area contributed by atoms with Gasteiger partial charge in [-0.15, -0.1) is 10.2 Å². The van der Waals surface area contributed by atoms with E-state index < -0.39 is 4.92 Å². The van der Waals surface area contributed by atoms with E-state index in [9.17, 15) is 14.9 Å². The molecule has 0 saturated carbocycles. The third kappa shape index (κ3) is 4.85. The van der Waals surface area contributed by atoms with Crippen LogP contribution < -0.4 is 5.32 Å². The highest BCUT2D eigenvalue weighted by atomic mass is 32.2. The minimum absolute atomic E-state index is 0.00346. The Hall–Kier alpha value is -3.20. The number of nitrogens with one attached hydrogen (secondary N) is 1. The molecule has 8 nitrogen and oxygen atoms in total. The van der Waals surface area contributed by atoms with E-state index in [0.29, 0.717) is 29.5 Å². The van der Waals surface area contributed by atoms with Crippen LogP contribution in [0.25, 0.3) is 11.4 Å². The summed E-state index contributed by atoms with van der Waals surface area (Å²) in [6.45, 7) is 6.46. The number of nitrogens with zero attached hydrogens (tertiary/aromatic N) is 4. The molecule has 0 fully saturated rings. The van der Waals surface area contributed by atoms with Gasteiger partial charge in [-0.05, 0) is 32.4 Å². The van der Waals surface area contributed by atoms with E-state index in [1.807, 2.05) is 49.6 Å². The van der Waals surface area contributed by atoms with Gasteiger partial charge in [-0.25, -0.2) is 0 Å². The Labute approximate surface area is 178 Å². The van der Waals surface area contributed by atoms with Crippen LogP contribution in [0.4, 0.5) is 11.4 Å². The lowest BCUT2D eigenvalue weighted by Crippen LogP contribution is -2.25. The first-order chi connectivity index (χ1) is 14.4. The number of aromatic nitrogens is 3. The van der Waals surface area contributed by atoms with Crippen molar-refractivity contribution in [3.63, 3.8) is 0 Å². The van der Waals surface area contributed by atoms with Crippen LogP contribution in [0.3, 0.4) is 0 Å². The van der Waals surface area contributed by atoms with Gasteiger partial charge in [0.25, 0.3) is 5.69 Å². The molecule has 0 bridgehead atoms. The van der Waals surface area contributed by atoms with Crippen molar-refractivity contribution in [2.24, 2.45) is 0 Å². The van der Waals surface area contributed by atoms with E-state index in [-0.39, 0.29) is 16.8 Å². The summed E-state index contributed by atoms with van der Waals surface area (Å²) in [4.78, 5) is 23.4. The average molecular weight is 426 g/mol. The number of rotatable bonds is 8. The Morgan fingerprint density at radius 3 is 2.57 bits per heavy atom. The van der Waals surface area contributed by atoms with Crippen LogP contribution in [0, 0.1) is 17.0 Å². The SMILES string of the molecule is CCC(Sc1nnc(-c2cccc([N+](=O)[O-])c2)n1CC)C(=O)Nc1ccc(C)cc1. The van der Waals surface area contributed by atoms with Crippen LogP contribution in [0.5, 0.6) is 0 Å². The highest BCUT2D eigenvalue weighted by Crippen LogP contribution is 2.30. The zero-order valence-corrected chi connectivity index (χ0v) is 17.8. The fourth-order valence-corrected chi connectivity index (χ4v) is 3.96. The third-order valence-electron chi connectivity index (χ3n) is 4.58. The second-order valence-electron chi connectivity index (χ2n) is 6.73. The Bertz CT molecular complexity index is 1050. The van der Waals surface area contributed by atoms with E-state index >= 15 is 0 Å². The molecule has 1 unspecified atom stereocenters. The molecule has 30 heavy (non-hydrogen) atoms. The van der Waals surface area contributed by atoms with E-state index in [2.05, 4.69) is 15.5 Å². The van der Waals surface area contributed by atoms with Crippen LogP contribution in [0.15, 0.2) is 53.7 Å². The molecule has 2 aromatic carbocycles. The molecule has 1 N–H and O–H groups in total. The summed E-state index contributed by atoms with van der Waals surface area (Å²) in [5, 5.41) is 22.8. The Morgan fingerprint density at radius 1 is 1.20 bits per heavy atom. The minimum atomic E-state index is -0.436. The second-order valence-corrected chi connectivity index (χ2v) is 7.90. The van der Waals surface area contributed by atoms with Crippen molar-refractivity contribution >= 4 is 29.0 Å². The van der Waals surface area contributed by atoms with Crippen LogP contribution in [0.2, 0.25) is 0 Å². The van der Waals surface area contributed by atoms with Crippen molar-refractivity contribution < 1.29 is 9.72 Å². The maximum absolute atomic E-state index is 12.8. The molecule has 1 atom stereocenters. The lowest BCUT2D eigenvalue weighted by Gasteiger charge is -2.15. The summed E-state index contributed by atoms with van der Waals surface area (Å²) in [6, 6.07) is 13.9. The molecular formula is C21H23N5O3S. The van der Waals surface area contributed by atoms with Crippen molar-refractivity contribution in [2.75, 3.05) is 5.32 Å². The molecule has 1 amide bonds. The largest absolute Gasteiger partial charge is 0.325 e. The number of benzene rings is 2. The number of carbonyl (C=O) groups is 1. The highest BCUT2D eigenvalue weighted by Gasteiger charge is 2.23. The lowest BCUT2D eigenvalue weighted by atomic mass is 10.2. The molecule has 1 aromatic heterocycles. The summed E-state index contributed by atoms with van der Waals surface area (Å²) in [5.74, 6) is 0.436. The van der Waals surface area contributed by atoms with E-state index in [4.69, 9.17) is 0 Å². The number of nitro benzene ring substituents is 1. The first-order valence-corrected chi connectivity index (χ1v) is 10.5. The second kappa shape index (κ2) is 9.53. The molecule has 0 aliphatic carbocycles. The monoisotopic (exact) mass is 425 g/mol. The Kier molecular flexibility index (Phi) is 6.83. The van der Waals surface area contributed by atoms with Crippen LogP contribution in [0.1, 0.15) is 25.8 Å². The van der Waals surface area contributed by atoms with Crippen LogP contribution in [-0.2, 0) is 11.3 Å². The van der Waals surface area contributed by atoms with Crippen molar-refractivity contribution in [1.29, 1.82) is 0 Å². The number of thioether (sulfide) groups is 1. The fraction of sp³-hybridized carbons (Fsp3) is 0.286. The number of hydrogen-bond acceptors (Lipinski definition) is 6. The first kappa shape index (κ1) is 21.5. The lowest BCUT2D eigenvalue weighted by molar-refractivity contribution is -0.384. The molecule has 3 aromatic rings. The molecule has 0 radical (unpaired) electrons. The van der Waals surface area contributed by atoms with E-state index in [1.54, 1.807) is 12.1 Å². The van der Waals surface area contributed by atoms with Gasteiger partial charge in [0.15, 0.2) is 11.0 Å². The molecule has 0 aliphatic rings. The van der Waals surface area contributed by atoms with Gasteiger partial charge in [-0.1, -0.05) is 48.5 Å². The molecule has 1 heterocycles. The zero-order chi connectivity index (χ0) is 21.7. The van der Waals surface area contributed by atoms with Crippen molar-refractivity contribution in [1.82, 2.24) is 14.8 Å². The zero-order valence-electron chi connectivity index (χ0n) is 17.0. The van der Waals surface area contributed by atoms with Gasteiger partial charge < -0.3 is 9.88 Å². The van der Waals surface area contributed by atoms with Gasteiger partial charge >= 0.3 is 0 Å². The van der Waals surface area contributed by atoms with Crippen molar-refractivity contribution in [3.05, 3.63) is 64.2 Å². The number of aryl methyl sites for hydroxylation is 1. The molecule has 156 valence electrons. The summed E-state index contributed by atoms with van der Waals surface area (Å²) >= 11 is 1.34. The number of anilines is 1. The average Bonchev–Trinajstić information content (AvgIpc) is 3.16. The molecule has 9 heteroatoms. The molecule has 0 spiro atoms.